The number of nitrogens with one attached hydrogen (secondary N) is 1. The maximum atomic E-state index is 13.0. The summed E-state index contributed by atoms with van der Waals surface area (Å²) in [6.45, 7) is 16.6. The van der Waals surface area contributed by atoms with Gasteiger partial charge in [-0.25, -0.2) is 4.68 Å². The Morgan fingerprint density at radius 1 is 1.27 bits per heavy atom. The van der Waals surface area contributed by atoms with E-state index in [0.29, 0.717) is 5.02 Å². The first-order valence-electron chi connectivity index (χ1n) is 9.83. The van der Waals surface area contributed by atoms with Gasteiger partial charge in [-0.05, 0) is 43.6 Å². The molecule has 0 unspecified atom stereocenters. The minimum atomic E-state index is -0.162. The first-order valence-corrected chi connectivity index (χ1v) is 10.2. The smallest absolute Gasteiger partial charge is 0.287 e. The van der Waals surface area contributed by atoms with Gasteiger partial charge in [0.05, 0.1) is 17.9 Å². The van der Waals surface area contributed by atoms with Crippen LogP contribution in [-0.2, 0) is 0 Å². The van der Waals surface area contributed by atoms with Crippen molar-refractivity contribution in [2.75, 3.05) is 31.1 Å². The highest BCUT2D eigenvalue weighted by molar-refractivity contribution is 6.33. The van der Waals surface area contributed by atoms with E-state index in [1.165, 1.54) is 0 Å². The number of likely N-dealkylation sites (N-methyl/N-ethyl adjacent to an activating group) is 2. The fraction of sp³-hybridized carbons (Fsp3) is 0.800. The molecule has 1 aliphatic carbocycles. The van der Waals surface area contributed by atoms with Crippen LogP contribution in [0.15, 0.2) is 11.0 Å². The number of rotatable bonds is 7. The topological polar surface area (TPSA) is 50.2 Å². The fourth-order valence-corrected chi connectivity index (χ4v) is 4.97. The van der Waals surface area contributed by atoms with E-state index in [1.807, 2.05) is 0 Å². The van der Waals surface area contributed by atoms with Crippen LogP contribution in [0.1, 0.15) is 66.8 Å². The van der Waals surface area contributed by atoms with Crippen molar-refractivity contribution in [3.8, 4) is 0 Å². The Morgan fingerprint density at radius 2 is 1.88 bits per heavy atom. The summed E-state index contributed by atoms with van der Waals surface area (Å²) in [6.07, 6.45) is 4.84. The Kier molecular flexibility index (Phi) is 6.78. The van der Waals surface area contributed by atoms with Crippen LogP contribution in [0.5, 0.6) is 0 Å². The van der Waals surface area contributed by atoms with Crippen LogP contribution < -0.4 is 15.8 Å². The maximum absolute atomic E-state index is 13.0. The molecule has 1 aromatic rings. The summed E-state index contributed by atoms with van der Waals surface area (Å²) in [5, 5.41) is 8.15. The molecule has 1 fully saturated rings. The Balaban J connectivity index is 2.30. The second kappa shape index (κ2) is 8.30. The molecule has 0 saturated heterocycles. The Labute approximate surface area is 163 Å². The lowest BCUT2D eigenvalue weighted by Crippen LogP contribution is -2.40. The maximum Gasteiger partial charge on any atom is 0.287 e. The molecule has 1 aliphatic rings. The van der Waals surface area contributed by atoms with Crippen molar-refractivity contribution in [3.63, 3.8) is 0 Å². The van der Waals surface area contributed by atoms with E-state index in [2.05, 4.69) is 56.9 Å². The largest absolute Gasteiger partial charge is 0.368 e. The summed E-state index contributed by atoms with van der Waals surface area (Å²) in [5.74, 6) is 0. The van der Waals surface area contributed by atoms with Crippen LogP contribution >= 0.6 is 11.6 Å². The molecule has 0 atom stereocenters. The third-order valence-electron chi connectivity index (χ3n) is 5.34. The average molecular weight is 383 g/mol. The highest BCUT2D eigenvalue weighted by Gasteiger charge is 2.40. The van der Waals surface area contributed by atoms with Crippen molar-refractivity contribution in [2.24, 2.45) is 10.8 Å². The molecule has 0 aliphatic heterocycles. The molecule has 1 aromatic heterocycles. The van der Waals surface area contributed by atoms with Crippen molar-refractivity contribution in [1.82, 2.24) is 15.1 Å². The van der Waals surface area contributed by atoms with E-state index in [1.54, 1.807) is 10.9 Å². The summed E-state index contributed by atoms with van der Waals surface area (Å²) in [4.78, 5) is 15.1. The Hall–Kier alpha value is -1.07. The molecule has 0 bridgehead atoms. The number of anilines is 1. The van der Waals surface area contributed by atoms with E-state index < -0.39 is 0 Å². The molecule has 1 saturated carbocycles. The van der Waals surface area contributed by atoms with Gasteiger partial charge < -0.3 is 10.2 Å². The second-order valence-electron chi connectivity index (χ2n) is 9.09. The predicted molar refractivity (Wildman–Crippen MR) is 110 cm³/mol. The van der Waals surface area contributed by atoms with Gasteiger partial charge in [0.2, 0.25) is 0 Å². The molecule has 148 valence electrons. The van der Waals surface area contributed by atoms with Crippen LogP contribution in [0.4, 0.5) is 5.69 Å². The van der Waals surface area contributed by atoms with Crippen molar-refractivity contribution in [1.29, 1.82) is 0 Å². The molecule has 26 heavy (non-hydrogen) atoms. The van der Waals surface area contributed by atoms with Gasteiger partial charge in [0.1, 0.15) is 5.02 Å². The van der Waals surface area contributed by atoms with Gasteiger partial charge in [-0.15, -0.1) is 0 Å². The molecule has 0 radical (unpaired) electrons. The van der Waals surface area contributed by atoms with Gasteiger partial charge in [-0.2, -0.15) is 5.10 Å². The standard InChI is InChI=1S/C20H35ClN4O/c1-7-22-9-10-24(8-2)16-13-23-25(18(26)17(16)21)15-11-19(3,4)14-20(5,6)12-15/h13,15,22H,7-12,14H2,1-6H3. The minimum absolute atomic E-state index is 0.102. The van der Waals surface area contributed by atoms with E-state index in [0.717, 1.165) is 51.1 Å². The van der Waals surface area contributed by atoms with Gasteiger partial charge in [0.15, 0.2) is 0 Å². The van der Waals surface area contributed by atoms with E-state index in [9.17, 15) is 4.79 Å². The molecule has 2 rings (SSSR count). The SMILES string of the molecule is CCNCCN(CC)c1cnn(C2CC(C)(C)CC(C)(C)C2)c(=O)c1Cl. The van der Waals surface area contributed by atoms with Crippen molar-refractivity contribution >= 4 is 17.3 Å². The van der Waals surface area contributed by atoms with Gasteiger partial charge in [-0.1, -0.05) is 46.2 Å². The van der Waals surface area contributed by atoms with Crippen LogP contribution in [0.3, 0.4) is 0 Å². The van der Waals surface area contributed by atoms with E-state index in [4.69, 9.17) is 11.6 Å². The number of hydrogen-bond donors (Lipinski definition) is 1. The third kappa shape index (κ3) is 5.01. The summed E-state index contributed by atoms with van der Waals surface area (Å²) in [7, 11) is 0. The number of hydrogen-bond acceptors (Lipinski definition) is 4. The molecular formula is C20H35ClN4O. The minimum Gasteiger partial charge on any atom is -0.368 e. The lowest BCUT2D eigenvalue weighted by molar-refractivity contribution is 0.0652. The summed E-state index contributed by atoms with van der Waals surface area (Å²) < 4.78 is 1.63. The molecular weight excluding hydrogens is 348 g/mol. The lowest BCUT2D eigenvalue weighted by Gasteiger charge is -2.45. The van der Waals surface area contributed by atoms with Gasteiger partial charge in [0.25, 0.3) is 5.56 Å². The van der Waals surface area contributed by atoms with Crippen LogP contribution in [-0.4, -0.2) is 36.0 Å². The molecule has 0 spiro atoms. The first kappa shape index (κ1) is 21.2. The lowest BCUT2D eigenvalue weighted by atomic mass is 9.63. The fourth-order valence-electron chi connectivity index (χ4n) is 4.72. The summed E-state index contributed by atoms with van der Waals surface area (Å²) in [5.41, 5.74) is 0.965. The number of aromatic nitrogens is 2. The monoisotopic (exact) mass is 382 g/mol. The average Bonchev–Trinajstić information content (AvgIpc) is 2.52. The summed E-state index contributed by atoms with van der Waals surface area (Å²) in [6, 6.07) is 0.102. The zero-order valence-corrected chi connectivity index (χ0v) is 18.0. The zero-order chi connectivity index (χ0) is 19.5. The molecule has 1 N–H and O–H groups in total. The Morgan fingerprint density at radius 3 is 2.42 bits per heavy atom. The molecule has 0 aromatic carbocycles. The number of nitrogens with zero attached hydrogens (tertiary/aromatic N) is 3. The van der Waals surface area contributed by atoms with Crippen LogP contribution in [0.2, 0.25) is 5.02 Å². The first-order chi connectivity index (χ1) is 12.1. The molecule has 5 nitrogen and oxygen atoms in total. The molecule has 1 heterocycles. The highest BCUT2D eigenvalue weighted by atomic mass is 35.5. The zero-order valence-electron chi connectivity index (χ0n) is 17.2. The van der Waals surface area contributed by atoms with Crippen molar-refractivity contribution in [2.45, 2.75) is 66.8 Å². The Bertz CT molecular complexity index is 652. The normalized spacial score (nSPS) is 19.5. The van der Waals surface area contributed by atoms with Crippen LogP contribution in [0, 0.1) is 10.8 Å². The van der Waals surface area contributed by atoms with E-state index >= 15 is 0 Å². The van der Waals surface area contributed by atoms with Gasteiger partial charge in [0, 0.05) is 19.6 Å². The van der Waals surface area contributed by atoms with E-state index in [-0.39, 0.29) is 22.4 Å². The van der Waals surface area contributed by atoms with Crippen LogP contribution in [0.25, 0.3) is 0 Å². The predicted octanol–water partition coefficient (Wildman–Crippen LogP) is 4.11. The third-order valence-corrected chi connectivity index (χ3v) is 5.69. The molecule has 6 heteroatoms. The van der Waals surface area contributed by atoms with Gasteiger partial charge in [-0.3, -0.25) is 4.79 Å². The highest BCUT2D eigenvalue weighted by Crippen LogP contribution is 2.49. The quantitative estimate of drug-likeness (QED) is 0.721. The summed E-state index contributed by atoms with van der Waals surface area (Å²) >= 11 is 6.51. The van der Waals surface area contributed by atoms with Crippen molar-refractivity contribution < 1.29 is 0 Å². The van der Waals surface area contributed by atoms with Crippen molar-refractivity contribution in [3.05, 3.63) is 21.6 Å². The number of halogens is 1. The molecule has 0 amide bonds. The second-order valence-corrected chi connectivity index (χ2v) is 9.47. The van der Waals surface area contributed by atoms with Gasteiger partial charge >= 0.3 is 0 Å².